The number of carbonyl (C=O) groups excluding carboxylic acids is 1. The van der Waals surface area contributed by atoms with E-state index in [-0.39, 0.29) is 22.9 Å². The Morgan fingerprint density at radius 1 is 1.09 bits per heavy atom. The molecule has 0 aliphatic carbocycles. The highest BCUT2D eigenvalue weighted by atomic mass is 35.5. The van der Waals surface area contributed by atoms with E-state index >= 15 is 0 Å². The predicted octanol–water partition coefficient (Wildman–Crippen LogP) is 4.69. The summed E-state index contributed by atoms with van der Waals surface area (Å²) in [7, 11) is 0. The lowest BCUT2D eigenvalue weighted by Crippen LogP contribution is -2.37. The first-order valence-electron chi connectivity index (χ1n) is 9.76. The van der Waals surface area contributed by atoms with Crippen molar-refractivity contribution < 1.29 is 18.0 Å². The fourth-order valence-corrected chi connectivity index (χ4v) is 4.00. The second-order valence-corrected chi connectivity index (χ2v) is 7.80. The molecule has 0 bridgehead atoms. The predicted molar refractivity (Wildman–Crippen MR) is 112 cm³/mol. The minimum atomic E-state index is -4.70. The molecule has 3 aromatic heterocycles. The summed E-state index contributed by atoms with van der Waals surface area (Å²) in [5.41, 5.74) is 1.13. The van der Waals surface area contributed by atoms with Crippen LogP contribution in [0.15, 0.2) is 54.7 Å². The summed E-state index contributed by atoms with van der Waals surface area (Å²) in [5.74, 6) is -0.565. The van der Waals surface area contributed by atoms with Crippen molar-refractivity contribution in [2.24, 2.45) is 0 Å². The summed E-state index contributed by atoms with van der Waals surface area (Å²) in [5, 5.41) is 4.67. The monoisotopic (exact) mass is 457 g/mol. The molecule has 1 aliphatic heterocycles. The molecule has 1 amide bonds. The molecule has 0 saturated heterocycles. The number of rotatable bonds is 2. The van der Waals surface area contributed by atoms with E-state index in [4.69, 9.17) is 11.6 Å². The number of hydrogen-bond donors (Lipinski definition) is 0. The maximum Gasteiger partial charge on any atom is 0.435 e. The van der Waals surface area contributed by atoms with Crippen LogP contribution in [0.3, 0.4) is 0 Å². The molecule has 0 radical (unpaired) electrons. The quantitative estimate of drug-likeness (QED) is 0.438. The fourth-order valence-electron chi connectivity index (χ4n) is 3.78. The van der Waals surface area contributed by atoms with Gasteiger partial charge in [0.15, 0.2) is 11.3 Å². The lowest BCUT2D eigenvalue weighted by atomic mass is 10.0. The lowest BCUT2D eigenvalue weighted by molar-refractivity contribution is -0.141. The summed E-state index contributed by atoms with van der Waals surface area (Å²) >= 11 is 6.19. The molecular formula is C22H15ClF3N5O. The molecule has 162 valence electrons. The maximum atomic E-state index is 13.4. The Bertz CT molecular complexity index is 1350. The van der Waals surface area contributed by atoms with Crippen molar-refractivity contribution in [3.8, 4) is 5.69 Å². The highest BCUT2D eigenvalue weighted by molar-refractivity contribution is 6.32. The number of halogens is 4. The fraction of sp³-hybridized carbons (Fsp3) is 0.182. The first-order chi connectivity index (χ1) is 15.3. The van der Waals surface area contributed by atoms with Crippen LogP contribution in [-0.4, -0.2) is 37.1 Å². The van der Waals surface area contributed by atoms with E-state index < -0.39 is 17.8 Å². The third-order valence-electron chi connectivity index (χ3n) is 5.32. The number of aromatic nitrogens is 4. The standard InChI is InChI=1S/C22H15ClF3N5O/c23-15-5-1-2-6-17(15)31-18(11-19(29-31)22(24,25)26)21(32)30-9-7-16-14(12-30)10-13-4-3-8-27-20(13)28-16/h1-6,8,10-11H,7,9,12H2. The van der Waals surface area contributed by atoms with Crippen LogP contribution in [0.4, 0.5) is 13.2 Å². The Kier molecular flexibility index (Phi) is 4.85. The number of nitrogens with zero attached hydrogens (tertiary/aromatic N) is 5. The van der Waals surface area contributed by atoms with E-state index in [9.17, 15) is 18.0 Å². The number of fused-ring (bicyclic) bond motifs is 2. The minimum Gasteiger partial charge on any atom is -0.333 e. The molecule has 0 unspecified atom stereocenters. The molecule has 0 atom stereocenters. The van der Waals surface area contributed by atoms with Crippen molar-refractivity contribution in [2.75, 3.05) is 6.54 Å². The zero-order valence-corrected chi connectivity index (χ0v) is 17.2. The van der Waals surface area contributed by atoms with E-state index in [1.165, 1.54) is 17.0 Å². The average Bonchev–Trinajstić information content (AvgIpc) is 3.23. The summed E-state index contributed by atoms with van der Waals surface area (Å²) in [4.78, 5) is 23.6. The lowest BCUT2D eigenvalue weighted by Gasteiger charge is -2.28. The van der Waals surface area contributed by atoms with Gasteiger partial charge in [-0.15, -0.1) is 0 Å². The first kappa shape index (κ1) is 20.4. The van der Waals surface area contributed by atoms with Crippen LogP contribution in [-0.2, 0) is 19.1 Å². The summed E-state index contributed by atoms with van der Waals surface area (Å²) in [6.45, 7) is 0.535. The first-order valence-corrected chi connectivity index (χ1v) is 10.1. The maximum absolute atomic E-state index is 13.4. The molecule has 4 heterocycles. The van der Waals surface area contributed by atoms with Crippen LogP contribution in [0.25, 0.3) is 16.7 Å². The molecular weight excluding hydrogens is 443 g/mol. The number of benzene rings is 1. The molecule has 5 rings (SSSR count). The van der Waals surface area contributed by atoms with E-state index in [1.807, 2.05) is 12.1 Å². The molecule has 32 heavy (non-hydrogen) atoms. The van der Waals surface area contributed by atoms with E-state index in [0.29, 0.717) is 18.6 Å². The number of carbonyl (C=O) groups is 1. The summed E-state index contributed by atoms with van der Waals surface area (Å²) < 4.78 is 41.2. The zero-order valence-electron chi connectivity index (χ0n) is 16.5. The molecule has 1 aromatic carbocycles. The third-order valence-corrected chi connectivity index (χ3v) is 5.64. The molecule has 10 heteroatoms. The molecule has 6 nitrogen and oxygen atoms in total. The van der Waals surface area contributed by atoms with Gasteiger partial charge in [0.2, 0.25) is 0 Å². The van der Waals surface area contributed by atoms with Crippen LogP contribution < -0.4 is 0 Å². The van der Waals surface area contributed by atoms with Gasteiger partial charge in [-0.2, -0.15) is 18.3 Å². The van der Waals surface area contributed by atoms with Gasteiger partial charge in [-0.3, -0.25) is 4.79 Å². The topological polar surface area (TPSA) is 63.9 Å². The average molecular weight is 458 g/mol. The van der Waals surface area contributed by atoms with Gasteiger partial charge in [-0.25, -0.2) is 14.6 Å². The van der Waals surface area contributed by atoms with Crippen LogP contribution in [0.5, 0.6) is 0 Å². The van der Waals surface area contributed by atoms with Gasteiger partial charge >= 0.3 is 6.18 Å². The summed E-state index contributed by atoms with van der Waals surface area (Å²) in [6, 6.07) is 12.7. The number of alkyl halides is 3. The van der Waals surface area contributed by atoms with Crippen LogP contribution >= 0.6 is 11.6 Å². The molecule has 0 fully saturated rings. The van der Waals surface area contributed by atoms with Gasteiger partial charge in [0, 0.05) is 42.9 Å². The normalized spacial score (nSPS) is 13.9. The van der Waals surface area contributed by atoms with Crippen LogP contribution in [0.1, 0.15) is 27.4 Å². The number of pyridine rings is 2. The Morgan fingerprint density at radius 3 is 2.69 bits per heavy atom. The summed E-state index contributed by atoms with van der Waals surface area (Å²) in [6.07, 6.45) is -2.57. The van der Waals surface area contributed by atoms with Gasteiger partial charge in [-0.1, -0.05) is 23.7 Å². The van der Waals surface area contributed by atoms with Crippen molar-refractivity contribution in [1.82, 2.24) is 24.6 Å². The van der Waals surface area contributed by atoms with Crippen molar-refractivity contribution in [1.29, 1.82) is 0 Å². The molecule has 0 N–H and O–H groups in total. The number of amides is 1. The van der Waals surface area contributed by atoms with Crippen molar-refractivity contribution >= 4 is 28.5 Å². The Labute approximate surface area is 185 Å². The molecule has 1 aliphatic rings. The number of para-hydroxylation sites is 1. The van der Waals surface area contributed by atoms with Gasteiger partial charge in [-0.05, 0) is 35.9 Å². The van der Waals surface area contributed by atoms with E-state index in [2.05, 4.69) is 15.1 Å². The third kappa shape index (κ3) is 3.58. The zero-order chi connectivity index (χ0) is 22.5. The molecule has 4 aromatic rings. The highest BCUT2D eigenvalue weighted by Crippen LogP contribution is 2.32. The largest absolute Gasteiger partial charge is 0.435 e. The van der Waals surface area contributed by atoms with E-state index in [0.717, 1.165) is 27.4 Å². The van der Waals surface area contributed by atoms with Crippen molar-refractivity contribution in [3.63, 3.8) is 0 Å². The molecule has 0 spiro atoms. The number of hydrogen-bond acceptors (Lipinski definition) is 4. The van der Waals surface area contributed by atoms with E-state index in [1.54, 1.807) is 24.4 Å². The van der Waals surface area contributed by atoms with Gasteiger partial charge in [0.25, 0.3) is 5.91 Å². The van der Waals surface area contributed by atoms with Gasteiger partial charge in [0.05, 0.1) is 10.7 Å². The second-order valence-electron chi connectivity index (χ2n) is 7.40. The van der Waals surface area contributed by atoms with Crippen molar-refractivity contribution in [2.45, 2.75) is 19.1 Å². The highest BCUT2D eigenvalue weighted by Gasteiger charge is 2.37. The molecule has 0 saturated carbocycles. The Hall–Kier alpha value is -3.46. The Morgan fingerprint density at radius 2 is 1.91 bits per heavy atom. The smallest absolute Gasteiger partial charge is 0.333 e. The van der Waals surface area contributed by atoms with Crippen molar-refractivity contribution in [3.05, 3.63) is 82.4 Å². The van der Waals surface area contributed by atoms with Crippen LogP contribution in [0.2, 0.25) is 5.02 Å². The Balaban J connectivity index is 1.54. The van der Waals surface area contributed by atoms with Gasteiger partial charge in [0.1, 0.15) is 5.69 Å². The van der Waals surface area contributed by atoms with Crippen LogP contribution in [0, 0.1) is 0 Å². The minimum absolute atomic E-state index is 0.186. The SMILES string of the molecule is O=C(c1cc(C(F)(F)F)nn1-c1ccccc1Cl)N1CCc2nc3ncccc3cc2C1. The second kappa shape index (κ2) is 7.59. The van der Waals surface area contributed by atoms with Gasteiger partial charge < -0.3 is 4.90 Å².